The first-order chi connectivity index (χ1) is 7.15. The standard InChI is InChI=1S/C10H17N3S2/c1-8-3-5-12(6-4-8)7-13-10(14)15-9(2)11-13/h8H,3-7H2,1-2H3. The maximum absolute atomic E-state index is 5.26. The summed E-state index contributed by atoms with van der Waals surface area (Å²) in [7, 11) is 0. The van der Waals surface area contributed by atoms with E-state index in [1.54, 1.807) is 11.3 Å². The van der Waals surface area contributed by atoms with Crippen molar-refractivity contribution in [1.29, 1.82) is 0 Å². The molecule has 0 amide bonds. The summed E-state index contributed by atoms with van der Waals surface area (Å²) in [6, 6.07) is 0. The van der Waals surface area contributed by atoms with E-state index in [1.165, 1.54) is 25.9 Å². The molecular weight excluding hydrogens is 226 g/mol. The first kappa shape index (κ1) is 11.2. The van der Waals surface area contributed by atoms with Gasteiger partial charge in [0.1, 0.15) is 5.01 Å². The average molecular weight is 243 g/mol. The number of rotatable bonds is 2. The smallest absolute Gasteiger partial charge is 0.180 e. The molecule has 0 saturated carbocycles. The van der Waals surface area contributed by atoms with Crippen LogP contribution in [0.4, 0.5) is 0 Å². The van der Waals surface area contributed by atoms with Crippen LogP contribution in [-0.2, 0) is 6.67 Å². The molecule has 1 fully saturated rings. The van der Waals surface area contributed by atoms with Crippen molar-refractivity contribution in [2.45, 2.75) is 33.4 Å². The number of hydrogen-bond acceptors (Lipinski definition) is 4. The molecule has 3 nitrogen and oxygen atoms in total. The van der Waals surface area contributed by atoms with Crippen molar-refractivity contribution in [1.82, 2.24) is 14.7 Å². The second kappa shape index (κ2) is 4.72. The van der Waals surface area contributed by atoms with Gasteiger partial charge in [-0.05, 0) is 37.9 Å². The molecule has 0 unspecified atom stereocenters. The van der Waals surface area contributed by atoms with Gasteiger partial charge >= 0.3 is 0 Å². The van der Waals surface area contributed by atoms with E-state index in [0.717, 1.165) is 21.5 Å². The number of piperidine rings is 1. The number of nitrogens with zero attached hydrogens (tertiary/aromatic N) is 3. The highest BCUT2D eigenvalue weighted by molar-refractivity contribution is 7.73. The number of hydrogen-bond donors (Lipinski definition) is 0. The summed E-state index contributed by atoms with van der Waals surface area (Å²) in [6.45, 7) is 7.57. The molecule has 0 aliphatic carbocycles. The molecule has 0 spiro atoms. The second-order valence-corrected chi connectivity index (χ2v) is 6.16. The average Bonchev–Trinajstić information content (AvgIpc) is 2.49. The molecule has 0 radical (unpaired) electrons. The van der Waals surface area contributed by atoms with Gasteiger partial charge in [-0.15, -0.1) is 0 Å². The normalized spacial score (nSPS) is 19.6. The van der Waals surface area contributed by atoms with Crippen LogP contribution in [0.1, 0.15) is 24.8 Å². The van der Waals surface area contributed by atoms with Crippen LogP contribution < -0.4 is 0 Å². The first-order valence-corrected chi connectivity index (χ1v) is 6.64. The highest BCUT2D eigenvalue weighted by Gasteiger charge is 2.16. The van der Waals surface area contributed by atoms with Crippen LogP contribution in [-0.4, -0.2) is 27.8 Å². The number of aromatic nitrogens is 2. The van der Waals surface area contributed by atoms with Gasteiger partial charge in [0, 0.05) is 13.1 Å². The molecule has 0 bridgehead atoms. The Morgan fingerprint density at radius 1 is 1.47 bits per heavy atom. The summed E-state index contributed by atoms with van der Waals surface area (Å²) in [6.07, 6.45) is 2.60. The Bertz CT molecular complexity index is 374. The van der Waals surface area contributed by atoms with E-state index < -0.39 is 0 Å². The predicted molar refractivity (Wildman–Crippen MR) is 65.6 cm³/mol. The molecular formula is C10H17N3S2. The third-order valence-corrected chi connectivity index (χ3v) is 4.14. The Hall–Kier alpha value is -0.260. The molecule has 0 atom stereocenters. The zero-order valence-corrected chi connectivity index (χ0v) is 10.9. The Morgan fingerprint density at radius 3 is 2.67 bits per heavy atom. The lowest BCUT2D eigenvalue weighted by atomic mass is 10.00. The van der Waals surface area contributed by atoms with Crippen molar-refractivity contribution >= 4 is 23.6 Å². The number of likely N-dealkylation sites (tertiary alicyclic amines) is 1. The topological polar surface area (TPSA) is 21.1 Å². The maximum Gasteiger partial charge on any atom is 0.180 e. The molecule has 0 aromatic carbocycles. The summed E-state index contributed by atoms with van der Waals surface area (Å²) >= 11 is 6.86. The lowest BCUT2D eigenvalue weighted by molar-refractivity contribution is 0.146. The van der Waals surface area contributed by atoms with Gasteiger partial charge in [0.2, 0.25) is 0 Å². The van der Waals surface area contributed by atoms with E-state index in [9.17, 15) is 0 Å². The highest BCUT2D eigenvalue weighted by atomic mass is 32.1. The van der Waals surface area contributed by atoms with E-state index in [0.29, 0.717) is 0 Å². The van der Waals surface area contributed by atoms with Gasteiger partial charge in [-0.25, -0.2) is 4.68 Å². The fourth-order valence-corrected chi connectivity index (χ4v) is 2.95. The summed E-state index contributed by atoms with van der Waals surface area (Å²) in [5.41, 5.74) is 0. The van der Waals surface area contributed by atoms with Crippen LogP contribution >= 0.6 is 23.6 Å². The Morgan fingerprint density at radius 2 is 2.13 bits per heavy atom. The first-order valence-electron chi connectivity index (χ1n) is 5.42. The Labute approximate surface area is 99.7 Å². The molecule has 1 aliphatic rings. The van der Waals surface area contributed by atoms with Crippen molar-refractivity contribution in [3.8, 4) is 0 Å². The molecule has 1 aromatic heterocycles. The third-order valence-electron chi connectivity index (χ3n) is 2.92. The largest absolute Gasteiger partial charge is 0.284 e. The van der Waals surface area contributed by atoms with Crippen molar-refractivity contribution in [2.75, 3.05) is 13.1 Å². The summed E-state index contributed by atoms with van der Waals surface area (Å²) in [5, 5.41) is 5.47. The lowest BCUT2D eigenvalue weighted by Crippen LogP contribution is -2.34. The molecule has 2 rings (SSSR count). The maximum atomic E-state index is 5.26. The van der Waals surface area contributed by atoms with Gasteiger partial charge in [0.05, 0.1) is 6.67 Å². The molecule has 5 heteroatoms. The zero-order chi connectivity index (χ0) is 10.8. The molecule has 1 saturated heterocycles. The molecule has 0 N–H and O–H groups in total. The van der Waals surface area contributed by atoms with E-state index >= 15 is 0 Å². The van der Waals surface area contributed by atoms with Gasteiger partial charge in [-0.3, -0.25) is 4.90 Å². The molecule has 1 aromatic rings. The number of aryl methyl sites for hydroxylation is 1. The van der Waals surface area contributed by atoms with E-state index in [-0.39, 0.29) is 0 Å². The fourth-order valence-electron chi connectivity index (χ4n) is 1.89. The van der Waals surface area contributed by atoms with Crippen LogP contribution in [0.3, 0.4) is 0 Å². The minimum Gasteiger partial charge on any atom is -0.284 e. The van der Waals surface area contributed by atoms with Crippen LogP contribution in [0.25, 0.3) is 0 Å². The summed E-state index contributed by atoms with van der Waals surface area (Å²) in [5.74, 6) is 0.881. The van der Waals surface area contributed by atoms with Crippen LogP contribution in [0.5, 0.6) is 0 Å². The Balaban J connectivity index is 1.97. The molecule has 1 aliphatic heterocycles. The zero-order valence-electron chi connectivity index (χ0n) is 9.27. The quantitative estimate of drug-likeness (QED) is 0.745. The summed E-state index contributed by atoms with van der Waals surface area (Å²) in [4.78, 5) is 2.44. The SMILES string of the molecule is Cc1nn(CN2CCC(C)CC2)c(=S)s1. The highest BCUT2D eigenvalue weighted by Crippen LogP contribution is 2.17. The van der Waals surface area contributed by atoms with Gasteiger partial charge < -0.3 is 0 Å². The third kappa shape index (κ3) is 2.86. The van der Waals surface area contributed by atoms with Gasteiger partial charge in [-0.1, -0.05) is 18.3 Å². The van der Waals surface area contributed by atoms with Crippen molar-refractivity contribution < 1.29 is 0 Å². The van der Waals surface area contributed by atoms with Crippen molar-refractivity contribution in [2.24, 2.45) is 5.92 Å². The van der Waals surface area contributed by atoms with Crippen LogP contribution in [0.15, 0.2) is 0 Å². The van der Waals surface area contributed by atoms with Crippen LogP contribution in [0, 0.1) is 16.8 Å². The monoisotopic (exact) mass is 243 g/mol. The van der Waals surface area contributed by atoms with Crippen molar-refractivity contribution in [3.63, 3.8) is 0 Å². The predicted octanol–water partition coefficient (Wildman–Crippen LogP) is 2.67. The molecule has 84 valence electrons. The Kier molecular flexibility index (Phi) is 3.53. The van der Waals surface area contributed by atoms with Crippen LogP contribution in [0.2, 0.25) is 0 Å². The van der Waals surface area contributed by atoms with Gasteiger partial charge in [-0.2, -0.15) is 5.10 Å². The second-order valence-electron chi connectivity index (χ2n) is 4.33. The molecule has 2 heterocycles. The van der Waals surface area contributed by atoms with Gasteiger partial charge in [0.15, 0.2) is 3.95 Å². The van der Waals surface area contributed by atoms with Gasteiger partial charge in [0.25, 0.3) is 0 Å². The summed E-state index contributed by atoms with van der Waals surface area (Å²) < 4.78 is 2.84. The fraction of sp³-hybridized carbons (Fsp3) is 0.800. The molecule has 15 heavy (non-hydrogen) atoms. The van der Waals surface area contributed by atoms with E-state index in [2.05, 4.69) is 16.9 Å². The van der Waals surface area contributed by atoms with E-state index in [1.807, 2.05) is 11.6 Å². The lowest BCUT2D eigenvalue weighted by Gasteiger charge is -2.29. The minimum atomic E-state index is 0.871. The minimum absolute atomic E-state index is 0.871. The van der Waals surface area contributed by atoms with E-state index in [4.69, 9.17) is 12.2 Å². The van der Waals surface area contributed by atoms with Crippen molar-refractivity contribution in [3.05, 3.63) is 8.96 Å².